The predicted molar refractivity (Wildman–Crippen MR) is 106 cm³/mol. The first-order valence-electron chi connectivity index (χ1n) is 9.33. The number of amides is 1. The van der Waals surface area contributed by atoms with Crippen molar-refractivity contribution in [1.29, 1.82) is 0 Å². The number of H-pyrrole nitrogens is 1. The topological polar surface area (TPSA) is 57.8 Å². The molecule has 0 saturated heterocycles. The number of nitrogens with zero attached hydrogens (tertiary/aromatic N) is 1. The van der Waals surface area contributed by atoms with Gasteiger partial charge in [0.15, 0.2) is 0 Å². The highest BCUT2D eigenvalue weighted by molar-refractivity contribution is 5.99. The van der Waals surface area contributed by atoms with Gasteiger partial charge in [-0.2, -0.15) is 5.10 Å². The third-order valence-corrected chi connectivity index (χ3v) is 4.61. The Labute approximate surface area is 158 Å². The van der Waals surface area contributed by atoms with E-state index in [0.717, 1.165) is 24.1 Å². The summed E-state index contributed by atoms with van der Waals surface area (Å²) < 4.78 is 13.7. The highest BCUT2D eigenvalue weighted by Crippen LogP contribution is 2.31. The van der Waals surface area contributed by atoms with Crippen molar-refractivity contribution in [2.75, 3.05) is 5.32 Å². The summed E-state index contributed by atoms with van der Waals surface area (Å²) in [5.41, 5.74) is 3.67. The highest BCUT2D eigenvalue weighted by Gasteiger charge is 2.23. The van der Waals surface area contributed by atoms with Gasteiger partial charge in [-0.05, 0) is 30.5 Å². The van der Waals surface area contributed by atoms with E-state index in [1.807, 2.05) is 37.3 Å². The van der Waals surface area contributed by atoms with E-state index in [2.05, 4.69) is 22.4 Å². The lowest BCUT2D eigenvalue weighted by atomic mass is 9.95. The first kappa shape index (κ1) is 18.8. The van der Waals surface area contributed by atoms with E-state index >= 15 is 0 Å². The van der Waals surface area contributed by atoms with Gasteiger partial charge in [-0.3, -0.25) is 9.89 Å². The molecule has 0 radical (unpaired) electrons. The molecule has 3 rings (SSSR count). The Morgan fingerprint density at radius 3 is 2.59 bits per heavy atom. The zero-order valence-electron chi connectivity index (χ0n) is 15.6. The van der Waals surface area contributed by atoms with E-state index < -0.39 is 0 Å². The molecule has 4 nitrogen and oxygen atoms in total. The van der Waals surface area contributed by atoms with Crippen LogP contribution >= 0.6 is 0 Å². The second-order valence-corrected chi connectivity index (χ2v) is 6.55. The molecule has 1 amide bonds. The Morgan fingerprint density at radius 2 is 1.93 bits per heavy atom. The van der Waals surface area contributed by atoms with Crippen LogP contribution in [0.2, 0.25) is 0 Å². The number of aromatic nitrogens is 2. The van der Waals surface area contributed by atoms with Crippen LogP contribution < -0.4 is 5.32 Å². The zero-order valence-corrected chi connectivity index (χ0v) is 15.6. The maximum atomic E-state index is 13.7. The molecule has 0 aliphatic rings. The third-order valence-electron chi connectivity index (χ3n) is 4.61. The molecular weight excluding hydrogens is 341 g/mol. The molecule has 1 atom stereocenters. The predicted octanol–water partition coefficient (Wildman–Crippen LogP) is 5.30. The molecule has 0 fully saturated rings. The molecular formula is C22H24FN3O. The fourth-order valence-electron chi connectivity index (χ4n) is 3.26. The Kier molecular flexibility index (Phi) is 6.01. The maximum absolute atomic E-state index is 13.7. The number of carbonyl (C=O) groups excluding carboxylic acids is 1. The molecule has 140 valence electrons. The van der Waals surface area contributed by atoms with Crippen LogP contribution in [-0.4, -0.2) is 16.1 Å². The van der Waals surface area contributed by atoms with Crippen LogP contribution in [0, 0.1) is 5.82 Å². The number of rotatable bonds is 7. The quantitative estimate of drug-likeness (QED) is 0.597. The minimum absolute atomic E-state index is 0.0832. The van der Waals surface area contributed by atoms with Crippen LogP contribution in [0.1, 0.15) is 43.9 Å². The summed E-state index contributed by atoms with van der Waals surface area (Å²) in [4.78, 5) is 13.0. The van der Waals surface area contributed by atoms with E-state index in [-0.39, 0.29) is 17.6 Å². The van der Waals surface area contributed by atoms with Gasteiger partial charge in [-0.1, -0.05) is 62.7 Å². The van der Waals surface area contributed by atoms with Gasteiger partial charge in [-0.15, -0.1) is 0 Å². The van der Waals surface area contributed by atoms with Crippen molar-refractivity contribution in [3.05, 3.63) is 71.7 Å². The molecule has 2 N–H and O–H groups in total. The lowest BCUT2D eigenvalue weighted by Crippen LogP contribution is -2.21. The van der Waals surface area contributed by atoms with Gasteiger partial charge < -0.3 is 5.32 Å². The molecule has 0 aliphatic heterocycles. The molecule has 0 unspecified atom stereocenters. The smallest absolute Gasteiger partial charge is 0.232 e. The zero-order chi connectivity index (χ0) is 19.2. The van der Waals surface area contributed by atoms with Gasteiger partial charge in [0.1, 0.15) is 11.5 Å². The molecule has 0 spiro atoms. The minimum atomic E-state index is -0.333. The van der Waals surface area contributed by atoms with E-state index in [1.54, 1.807) is 12.1 Å². The lowest BCUT2D eigenvalue weighted by molar-refractivity contribution is -0.117. The molecule has 0 aliphatic carbocycles. The SMILES string of the molecule is CCCc1[nH]nc(-c2cccc(F)c2)c1NC(=O)[C@@H](CC)c1ccccc1. The number of halogens is 1. The number of anilines is 1. The summed E-state index contributed by atoms with van der Waals surface area (Å²) in [5.74, 6) is -0.670. The van der Waals surface area contributed by atoms with Crippen LogP contribution in [0.25, 0.3) is 11.3 Å². The second kappa shape index (κ2) is 8.62. The Morgan fingerprint density at radius 1 is 1.15 bits per heavy atom. The van der Waals surface area contributed by atoms with Crippen LogP contribution in [0.15, 0.2) is 54.6 Å². The summed E-state index contributed by atoms with van der Waals surface area (Å²) in [5, 5.41) is 10.4. The molecule has 5 heteroatoms. The molecule has 1 heterocycles. The van der Waals surface area contributed by atoms with Gasteiger partial charge >= 0.3 is 0 Å². The number of aromatic amines is 1. The van der Waals surface area contributed by atoms with E-state index in [4.69, 9.17) is 0 Å². The van der Waals surface area contributed by atoms with Crippen LogP contribution in [0.4, 0.5) is 10.1 Å². The molecule has 27 heavy (non-hydrogen) atoms. The standard InChI is InChI=1S/C22H24FN3O/c1-3-9-19-21(20(26-25-19)16-12-8-13-17(23)14-16)24-22(27)18(4-2)15-10-6-5-7-11-15/h5-8,10-14,18H,3-4,9H2,1-2H3,(H,24,27)(H,25,26)/t18-/m0/s1. The number of hydrogen-bond donors (Lipinski definition) is 2. The highest BCUT2D eigenvalue weighted by atomic mass is 19.1. The summed E-state index contributed by atoms with van der Waals surface area (Å²) in [6, 6.07) is 16.0. The Balaban J connectivity index is 1.95. The number of benzene rings is 2. The third kappa shape index (κ3) is 4.25. The molecule has 0 bridgehead atoms. The molecule has 1 aromatic heterocycles. The van der Waals surface area contributed by atoms with Gasteiger partial charge in [0.25, 0.3) is 0 Å². The average Bonchev–Trinajstić information content (AvgIpc) is 3.06. The van der Waals surface area contributed by atoms with E-state index in [9.17, 15) is 9.18 Å². The van der Waals surface area contributed by atoms with Crippen molar-refractivity contribution in [2.45, 2.75) is 39.0 Å². The number of hydrogen-bond acceptors (Lipinski definition) is 2. The van der Waals surface area contributed by atoms with Gasteiger partial charge in [0, 0.05) is 5.56 Å². The van der Waals surface area contributed by atoms with Crippen molar-refractivity contribution in [1.82, 2.24) is 10.2 Å². The molecule has 3 aromatic rings. The largest absolute Gasteiger partial charge is 0.322 e. The van der Waals surface area contributed by atoms with Crippen LogP contribution in [0.3, 0.4) is 0 Å². The summed E-state index contributed by atoms with van der Waals surface area (Å²) in [7, 11) is 0. The fourth-order valence-corrected chi connectivity index (χ4v) is 3.26. The average molecular weight is 365 g/mol. The normalized spacial score (nSPS) is 12.0. The van der Waals surface area contributed by atoms with E-state index in [0.29, 0.717) is 23.4 Å². The maximum Gasteiger partial charge on any atom is 0.232 e. The first-order valence-corrected chi connectivity index (χ1v) is 9.33. The van der Waals surface area contributed by atoms with Crippen LogP contribution in [0.5, 0.6) is 0 Å². The summed E-state index contributed by atoms with van der Waals surface area (Å²) in [6.07, 6.45) is 2.34. The van der Waals surface area contributed by atoms with Crippen molar-refractivity contribution in [2.24, 2.45) is 0 Å². The summed E-state index contributed by atoms with van der Waals surface area (Å²) >= 11 is 0. The van der Waals surface area contributed by atoms with Crippen molar-refractivity contribution in [3.63, 3.8) is 0 Å². The van der Waals surface area contributed by atoms with Crippen molar-refractivity contribution in [3.8, 4) is 11.3 Å². The summed E-state index contributed by atoms with van der Waals surface area (Å²) in [6.45, 7) is 4.06. The minimum Gasteiger partial charge on any atom is -0.322 e. The van der Waals surface area contributed by atoms with Gasteiger partial charge in [0.2, 0.25) is 5.91 Å². The second-order valence-electron chi connectivity index (χ2n) is 6.55. The molecule has 2 aromatic carbocycles. The first-order chi connectivity index (χ1) is 13.1. The van der Waals surface area contributed by atoms with Gasteiger partial charge in [0.05, 0.1) is 17.3 Å². The Hall–Kier alpha value is -2.95. The monoisotopic (exact) mass is 365 g/mol. The van der Waals surface area contributed by atoms with Crippen molar-refractivity contribution < 1.29 is 9.18 Å². The van der Waals surface area contributed by atoms with E-state index in [1.165, 1.54) is 12.1 Å². The van der Waals surface area contributed by atoms with Gasteiger partial charge in [-0.25, -0.2) is 4.39 Å². The lowest BCUT2D eigenvalue weighted by Gasteiger charge is -2.16. The van der Waals surface area contributed by atoms with Crippen LogP contribution in [-0.2, 0) is 11.2 Å². The van der Waals surface area contributed by atoms with Crippen molar-refractivity contribution >= 4 is 11.6 Å². The number of carbonyl (C=O) groups is 1. The number of nitrogens with one attached hydrogen (secondary N) is 2. The molecule has 0 saturated carbocycles. The Bertz CT molecular complexity index is 905. The number of aryl methyl sites for hydroxylation is 1. The fraction of sp³-hybridized carbons (Fsp3) is 0.273.